The third-order valence-corrected chi connectivity index (χ3v) is 5.03. The Labute approximate surface area is 128 Å². The van der Waals surface area contributed by atoms with Crippen molar-refractivity contribution in [3.8, 4) is 0 Å². The number of likely N-dealkylation sites (N-methyl/N-ethyl adjacent to an activating group) is 1. The molecule has 3 N–H and O–H groups in total. The van der Waals surface area contributed by atoms with Gasteiger partial charge in [0.1, 0.15) is 15.6 Å². The molecule has 1 aromatic rings. The number of hydrogen-bond acceptors (Lipinski definition) is 5. The van der Waals surface area contributed by atoms with Gasteiger partial charge in [-0.15, -0.1) is 0 Å². The fraction of sp³-hybridized carbons (Fsp3) is 0.417. The number of nitrogens with zero attached hydrogens (tertiary/aromatic N) is 2. The number of pyridine rings is 1. The van der Waals surface area contributed by atoms with Crippen LogP contribution in [0.15, 0.2) is 23.2 Å². The highest BCUT2D eigenvalue weighted by atomic mass is 32.2. The molecule has 1 saturated carbocycles. The molecule has 0 aliphatic heterocycles. The molecule has 1 heterocycles. The quantitative estimate of drug-likeness (QED) is 0.689. The molecule has 21 heavy (non-hydrogen) atoms. The van der Waals surface area contributed by atoms with Crippen LogP contribution in [-0.2, 0) is 14.8 Å². The predicted molar refractivity (Wildman–Crippen MR) is 81.1 cm³/mol. The summed E-state index contributed by atoms with van der Waals surface area (Å²) in [4.78, 5) is 15.4. The van der Waals surface area contributed by atoms with Crippen molar-refractivity contribution in [3.63, 3.8) is 0 Å². The molecule has 114 valence electrons. The van der Waals surface area contributed by atoms with Crippen LogP contribution >= 0.6 is 12.2 Å². The topological polar surface area (TPSA) is 105 Å². The summed E-state index contributed by atoms with van der Waals surface area (Å²) in [6, 6.07) is 3.03. The first-order valence-electron chi connectivity index (χ1n) is 6.33. The van der Waals surface area contributed by atoms with Gasteiger partial charge in [0.15, 0.2) is 0 Å². The van der Waals surface area contributed by atoms with Crippen LogP contribution in [0.4, 0.5) is 0 Å². The summed E-state index contributed by atoms with van der Waals surface area (Å²) in [7, 11) is -2.55. The van der Waals surface area contributed by atoms with E-state index in [1.54, 1.807) is 0 Å². The molecule has 1 aromatic heterocycles. The average Bonchev–Trinajstić information content (AvgIpc) is 3.22. The average molecular weight is 328 g/mol. The molecule has 1 fully saturated rings. The van der Waals surface area contributed by atoms with Crippen LogP contribution in [0.2, 0.25) is 0 Å². The Bertz CT molecular complexity index is 671. The third kappa shape index (κ3) is 3.74. The molecule has 1 amide bonds. The van der Waals surface area contributed by atoms with Gasteiger partial charge >= 0.3 is 0 Å². The van der Waals surface area contributed by atoms with Gasteiger partial charge in [-0.2, -0.15) is 4.31 Å². The van der Waals surface area contributed by atoms with E-state index in [9.17, 15) is 13.2 Å². The van der Waals surface area contributed by atoms with Crippen molar-refractivity contribution < 1.29 is 13.2 Å². The second-order valence-corrected chi connectivity index (χ2v) is 7.27. The van der Waals surface area contributed by atoms with E-state index >= 15 is 0 Å². The lowest BCUT2D eigenvalue weighted by atomic mass is 10.3. The number of hydrogen-bond donors (Lipinski definition) is 2. The summed E-state index contributed by atoms with van der Waals surface area (Å²) in [5.41, 5.74) is 5.52. The van der Waals surface area contributed by atoms with Crippen molar-refractivity contribution >= 4 is 33.1 Å². The summed E-state index contributed by atoms with van der Waals surface area (Å²) in [6.45, 7) is -0.259. The van der Waals surface area contributed by atoms with Gasteiger partial charge in [0, 0.05) is 19.3 Å². The van der Waals surface area contributed by atoms with Crippen LogP contribution in [0, 0.1) is 0 Å². The van der Waals surface area contributed by atoms with Gasteiger partial charge < -0.3 is 11.1 Å². The number of amides is 1. The summed E-state index contributed by atoms with van der Waals surface area (Å²) in [6.07, 6.45) is 3.29. The number of carbonyl (C=O) groups excluding carboxylic acids is 1. The molecular weight excluding hydrogens is 312 g/mol. The van der Waals surface area contributed by atoms with Crippen molar-refractivity contribution in [2.45, 2.75) is 23.8 Å². The van der Waals surface area contributed by atoms with Crippen LogP contribution in [-0.4, -0.2) is 48.2 Å². The Kier molecular flexibility index (Phi) is 4.55. The number of nitrogens with two attached hydrogens (primary N) is 1. The van der Waals surface area contributed by atoms with Crippen LogP contribution in [0.1, 0.15) is 18.5 Å². The van der Waals surface area contributed by atoms with Crippen LogP contribution in [0.25, 0.3) is 0 Å². The first kappa shape index (κ1) is 15.8. The molecule has 0 aromatic carbocycles. The Morgan fingerprint density at radius 2 is 2.24 bits per heavy atom. The van der Waals surface area contributed by atoms with Crippen molar-refractivity contribution in [2.75, 3.05) is 13.6 Å². The molecule has 1 aliphatic rings. The zero-order chi connectivity index (χ0) is 15.6. The maximum absolute atomic E-state index is 12.5. The van der Waals surface area contributed by atoms with Gasteiger partial charge in [0.05, 0.1) is 6.54 Å². The Morgan fingerprint density at radius 1 is 1.57 bits per heavy atom. The summed E-state index contributed by atoms with van der Waals surface area (Å²) in [5.74, 6) is -0.329. The number of rotatable bonds is 6. The van der Waals surface area contributed by atoms with Crippen LogP contribution in [0.3, 0.4) is 0 Å². The fourth-order valence-electron chi connectivity index (χ4n) is 1.74. The molecule has 0 spiro atoms. The number of carbonyl (C=O) groups is 1. The van der Waals surface area contributed by atoms with E-state index in [4.69, 9.17) is 18.0 Å². The highest BCUT2D eigenvalue weighted by Crippen LogP contribution is 2.19. The van der Waals surface area contributed by atoms with Crippen molar-refractivity contribution in [1.82, 2.24) is 14.6 Å². The third-order valence-electron chi connectivity index (χ3n) is 3.00. The minimum atomic E-state index is -3.88. The van der Waals surface area contributed by atoms with Gasteiger partial charge in [0.25, 0.3) is 0 Å². The first-order chi connectivity index (χ1) is 9.82. The lowest BCUT2D eigenvalue weighted by molar-refractivity contribution is -0.121. The van der Waals surface area contributed by atoms with Gasteiger partial charge in [-0.25, -0.2) is 8.42 Å². The molecule has 0 bridgehead atoms. The van der Waals surface area contributed by atoms with E-state index in [0.29, 0.717) is 0 Å². The molecule has 0 saturated heterocycles. The molecule has 0 radical (unpaired) electrons. The van der Waals surface area contributed by atoms with E-state index < -0.39 is 10.0 Å². The zero-order valence-corrected chi connectivity index (χ0v) is 13.1. The predicted octanol–water partition coefficient (Wildman–Crippen LogP) is -0.385. The van der Waals surface area contributed by atoms with Crippen molar-refractivity contribution in [3.05, 3.63) is 24.0 Å². The lowest BCUT2D eigenvalue weighted by Crippen LogP contribution is -2.39. The molecule has 0 unspecified atom stereocenters. The maximum Gasteiger partial charge on any atom is 0.245 e. The van der Waals surface area contributed by atoms with Crippen LogP contribution in [0.5, 0.6) is 0 Å². The SMILES string of the molecule is CN(CC(=O)NC1CC1)S(=O)(=O)c1cccnc1C(N)=S. The van der Waals surface area contributed by atoms with Crippen molar-refractivity contribution in [2.24, 2.45) is 5.73 Å². The highest BCUT2D eigenvalue weighted by Gasteiger charge is 2.29. The van der Waals surface area contributed by atoms with Gasteiger partial charge in [0.2, 0.25) is 15.9 Å². The monoisotopic (exact) mass is 328 g/mol. The summed E-state index contributed by atoms with van der Waals surface area (Å²) < 4.78 is 25.9. The highest BCUT2D eigenvalue weighted by molar-refractivity contribution is 7.89. The number of nitrogens with one attached hydrogen (secondary N) is 1. The Hall–Kier alpha value is -1.58. The van der Waals surface area contributed by atoms with E-state index in [-0.39, 0.29) is 34.1 Å². The smallest absolute Gasteiger partial charge is 0.245 e. The summed E-state index contributed by atoms with van der Waals surface area (Å²) >= 11 is 4.81. The number of sulfonamides is 1. The standard InChI is InChI=1S/C12H16N4O3S2/c1-16(7-10(17)15-8-4-5-8)21(18,19)9-3-2-6-14-11(9)12(13)20/h2-3,6,8H,4-5,7H2,1H3,(H2,13,20)(H,15,17). The molecule has 0 atom stereocenters. The number of thiocarbonyl (C=S) groups is 1. The molecule has 7 nitrogen and oxygen atoms in total. The molecule has 2 rings (SSSR count). The summed E-state index contributed by atoms with van der Waals surface area (Å²) in [5, 5.41) is 2.73. The van der Waals surface area contributed by atoms with Crippen molar-refractivity contribution in [1.29, 1.82) is 0 Å². The van der Waals surface area contributed by atoms with Gasteiger partial charge in [-0.3, -0.25) is 9.78 Å². The van der Waals surface area contributed by atoms with E-state index in [0.717, 1.165) is 17.1 Å². The van der Waals surface area contributed by atoms with E-state index in [2.05, 4.69) is 10.3 Å². The number of aromatic nitrogens is 1. The minimum absolute atomic E-state index is 0.0296. The Morgan fingerprint density at radius 3 is 2.81 bits per heavy atom. The largest absolute Gasteiger partial charge is 0.388 e. The fourth-order valence-corrected chi connectivity index (χ4v) is 3.25. The second-order valence-electron chi connectivity index (χ2n) is 4.82. The lowest BCUT2D eigenvalue weighted by Gasteiger charge is -2.18. The van der Waals surface area contributed by atoms with E-state index in [1.165, 1.54) is 25.4 Å². The minimum Gasteiger partial charge on any atom is -0.388 e. The second kappa shape index (κ2) is 6.04. The Balaban J connectivity index is 2.20. The first-order valence-corrected chi connectivity index (χ1v) is 8.17. The normalized spacial score (nSPS) is 15.0. The molecule has 1 aliphatic carbocycles. The zero-order valence-electron chi connectivity index (χ0n) is 11.4. The van der Waals surface area contributed by atoms with Gasteiger partial charge in [-0.05, 0) is 25.0 Å². The maximum atomic E-state index is 12.5. The molecule has 9 heteroatoms. The van der Waals surface area contributed by atoms with E-state index in [1.807, 2.05) is 0 Å². The molecular formula is C12H16N4O3S2. The van der Waals surface area contributed by atoms with Gasteiger partial charge in [-0.1, -0.05) is 12.2 Å². The van der Waals surface area contributed by atoms with Crippen LogP contribution < -0.4 is 11.1 Å².